The zero-order chi connectivity index (χ0) is 14.5. The van der Waals surface area contributed by atoms with Gasteiger partial charge in [0.25, 0.3) is 0 Å². The van der Waals surface area contributed by atoms with Crippen molar-refractivity contribution in [1.82, 2.24) is 5.32 Å². The molecule has 108 valence electrons. The number of hydrogen-bond donors (Lipinski definition) is 1. The molecule has 4 heteroatoms. The van der Waals surface area contributed by atoms with Crippen molar-refractivity contribution in [3.05, 3.63) is 56.5 Å². The van der Waals surface area contributed by atoms with Crippen molar-refractivity contribution in [2.75, 3.05) is 6.54 Å². The molecule has 1 aromatic heterocycles. The molecule has 1 unspecified atom stereocenters. The highest BCUT2D eigenvalue weighted by Gasteiger charge is 2.18. The van der Waals surface area contributed by atoms with Gasteiger partial charge in [-0.05, 0) is 60.3 Å². The van der Waals surface area contributed by atoms with E-state index in [1.165, 1.54) is 17.2 Å². The normalized spacial score (nSPS) is 12.6. The van der Waals surface area contributed by atoms with Gasteiger partial charge in [0.05, 0.1) is 0 Å². The van der Waals surface area contributed by atoms with E-state index in [9.17, 15) is 4.39 Å². The molecule has 1 nitrogen and oxygen atoms in total. The van der Waals surface area contributed by atoms with Crippen LogP contribution in [0, 0.1) is 12.7 Å². The van der Waals surface area contributed by atoms with Gasteiger partial charge in [-0.1, -0.05) is 24.6 Å². The summed E-state index contributed by atoms with van der Waals surface area (Å²) in [4.78, 5) is 0. The number of benzene rings is 1. The van der Waals surface area contributed by atoms with E-state index in [0.29, 0.717) is 17.0 Å². The lowest BCUT2D eigenvalue weighted by Crippen LogP contribution is -2.24. The standard InChI is InChI=1S/C16H19ClFNS/c1-3-7-19-16(13-10-20-9-11(13)2)8-12-14(17)5-4-6-15(12)18/h4-6,9-10,16,19H,3,7-8H2,1-2H3. The van der Waals surface area contributed by atoms with E-state index in [0.717, 1.165) is 13.0 Å². The third-order valence-electron chi connectivity index (χ3n) is 3.38. The molecule has 2 rings (SSSR count). The highest BCUT2D eigenvalue weighted by molar-refractivity contribution is 7.08. The summed E-state index contributed by atoms with van der Waals surface area (Å²) < 4.78 is 14.0. The average Bonchev–Trinajstić information content (AvgIpc) is 2.84. The molecule has 1 N–H and O–H groups in total. The molecule has 0 saturated carbocycles. The molecular formula is C16H19ClFNS. The largest absolute Gasteiger partial charge is 0.310 e. The van der Waals surface area contributed by atoms with Gasteiger partial charge in [0.1, 0.15) is 5.82 Å². The van der Waals surface area contributed by atoms with Gasteiger partial charge in [-0.15, -0.1) is 0 Å². The van der Waals surface area contributed by atoms with Crippen LogP contribution in [0.25, 0.3) is 0 Å². The Kier molecular flexibility index (Phi) is 5.58. The van der Waals surface area contributed by atoms with E-state index >= 15 is 0 Å². The van der Waals surface area contributed by atoms with Crippen molar-refractivity contribution in [3.63, 3.8) is 0 Å². The number of aryl methyl sites for hydroxylation is 1. The van der Waals surface area contributed by atoms with Crippen LogP contribution >= 0.6 is 22.9 Å². The van der Waals surface area contributed by atoms with E-state index in [1.807, 2.05) is 0 Å². The zero-order valence-electron chi connectivity index (χ0n) is 11.7. The molecule has 0 aliphatic rings. The molecule has 0 aliphatic carbocycles. The van der Waals surface area contributed by atoms with E-state index in [1.54, 1.807) is 23.5 Å². The van der Waals surface area contributed by atoms with Gasteiger partial charge in [0.15, 0.2) is 0 Å². The molecule has 0 fully saturated rings. The molecule has 0 spiro atoms. The van der Waals surface area contributed by atoms with Gasteiger partial charge in [0, 0.05) is 16.6 Å². The van der Waals surface area contributed by atoms with Crippen molar-refractivity contribution < 1.29 is 4.39 Å². The van der Waals surface area contributed by atoms with Gasteiger partial charge in [-0.2, -0.15) is 11.3 Å². The Hall–Kier alpha value is -0.900. The molecule has 0 bridgehead atoms. The van der Waals surface area contributed by atoms with E-state index in [2.05, 4.69) is 29.9 Å². The summed E-state index contributed by atoms with van der Waals surface area (Å²) in [5.74, 6) is -0.228. The van der Waals surface area contributed by atoms with Crippen LogP contribution < -0.4 is 5.32 Å². The fourth-order valence-corrected chi connectivity index (χ4v) is 3.41. The third kappa shape index (κ3) is 3.60. The van der Waals surface area contributed by atoms with Crippen molar-refractivity contribution >= 4 is 22.9 Å². The van der Waals surface area contributed by atoms with Crippen LogP contribution in [0.4, 0.5) is 4.39 Å². The van der Waals surface area contributed by atoms with Gasteiger partial charge in [-0.25, -0.2) is 4.39 Å². The SMILES string of the molecule is CCCNC(Cc1c(F)cccc1Cl)c1cscc1C. The lowest BCUT2D eigenvalue weighted by Gasteiger charge is -2.20. The first-order valence-electron chi connectivity index (χ1n) is 6.82. The van der Waals surface area contributed by atoms with E-state index in [4.69, 9.17) is 11.6 Å². The maximum atomic E-state index is 14.0. The van der Waals surface area contributed by atoms with Crippen LogP contribution in [0.15, 0.2) is 29.0 Å². The van der Waals surface area contributed by atoms with Gasteiger partial charge < -0.3 is 5.32 Å². The summed E-state index contributed by atoms with van der Waals surface area (Å²) in [5.41, 5.74) is 3.08. The Labute approximate surface area is 128 Å². The smallest absolute Gasteiger partial charge is 0.127 e. The second-order valence-electron chi connectivity index (χ2n) is 4.92. The lowest BCUT2D eigenvalue weighted by atomic mass is 9.98. The molecule has 0 amide bonds. The van der Waals surface area contributed by atoms with Crippen LogP contribution in [0.3, 0.4) is 0 Å². The fraction of sp³-hybridized carbons (Fsp3) is 0.375. The first kappa shape index (κ1) is 15.5. The van der Waals surface area contributed by atoms with Crippen LogP contribution in [-0.2, 0) is 6.42 Å². The summed E-state index contributed by atoms with van der Waals surface area (Å²) >= 11 is 7.82. The van der Waals surface area contributed by atoms with Crippen LogP contribution in [-0.4, -0.2) is 6.54 Å². The van der Waals surface area contributed by atoms with Gasteiger partial charge in [0.2, 0.25) is 0 Å². The summed E-state index contributed by atoms with van der Waals surface area (Å²) in [6, 6.07) is 4.97. The molecule has 1 heterocycles. The molecule has 2 aromatic rings. The monoisotopic (exact) mass is 311 g/mol. The number of hydrogen-bond acceptors (Lipinski definition) is 2. The molecule has 20 heavy (non-hydrogen) atoms. The summed E-state index contributed by atoms with van der Waals surface area (Å²) in [5, 5.41) is 8.26. The van der Waals surface area contributed by atoms with Crippen LogP contribution in [0.1, 0.15) is 36.1 Å². The lowest BCUT2D eigenvalue weighted by molar-refractivity contribution is 0.512. The molecule has 0 saturated heterocycles. The molecule has 0 aliphatic heterocycles. The summed E-state index contributed by atoms with van der Waals surface area (Å²) in [6.45, 7) is 5.13. The maximum Gasteiger partial charge on any atom is 0.127 e. The van der Waals surface area contributed by atoms with Crippen molar-refractivity contribution in [3.8, 4) is 0 Å². The van der Waals surface area contributed by atoms with Gasteiger partial charge >= 0.3 is 0 Å². The van der Waals surface area contributed by atoms with Crippen molar-refractivity contribution in [1.29, 1.82) is 0 Å². The zero-order valence-corrected chi connectivity index (χ0v) is 13.3. The second kappa shape index (κ2) is 7.21. The van der Waals surface area contributed by atoms with Gasteiger partial charge in [-0.3, -0.25) is 0 Å². The maximum absolute atomic E-state index is 14.0. The van der Waals surface area contributed by atoms with E-state index in [-0.39, 0.29) is 11.9 Å². The molecule has 1 aromatic carbocycles. The minimum Gasteiger partial charge on any atom is -0.310 e. The minimum absolute atomic E-state index is 0.107. The Bertz CT molecular complexity index is 547. The Morgan fingerprint density at radius 3 is 2.75 bits per heavy atom. The minimum atomic E-state index is -0.228. The molecular weight excluding hydrogens is 293 g/mol. The average molecular weight is 312 g/mol. The Balaban J connectivity index is 2.26. The second-order valence-corrected chi connectivity index (χ2v) is 6.07. The van der Waals surface area contributed by atoms with Crippen molar-refractivity contribution in [2.45, 2.75) is 32.7 Å². The highest BCUT2D eigenvalue weighted by atomic mass is 35.5. The van der Waals surface area contributed by atoms with Crippen LogP contribution in [0.5, 0.6) is 0 Å². The predicted molar refractivity (Wildman–Crippen MR) is 85.2 cm³/mol. The first-order valence-corrected chi connectivity index (χ1v) is 8.14. The van der Waals surface area contributed by atoms with Crippen molar-refractivity contribution in [2.24, 2.45) is 0 Å². The van der Waals surface area contributed by atoms with Crippen LogP contribution in [0.2, 0.25) is 5.02 Å². The predicted octanol–water partition coefficient (Wildman–Crippen LogP) is 5.13. The first-order chi connectivity index (χ1) is 9.63. The molecule has 1 atom stereocenters. The topological polar surface area (TPSA) is 12.0 Å². The number of halogens is 2. The number of thiophene rings is 1. The third-order valence-corrected chi connectivity index (χ3v) is 4.62. The Morgan fingerprint density at radius 2 is 2.15 bits per heavy atom. The Morgan fingerprint density at radius 1 is 1.35 bits per heavy atom. The highest BCUT2D eigenvalue weighted by Crippen LogP contribution is 2.29. The summed E-state index contributed by atoms with van der Waals surface area (Å²) in [7, 11) is 0. The number of rotatable bonds is 6. The van der Waals surface area contributed by atoms with E-state index < -0.39 is 0 Å². The number of nitrogens with one attached hydrogen (secondary N) is 1. The molecule has 0 radical (unpaired) electrons. The fourth-order valence-electron chi connectivity index (χ4n) is 2.27. The quantitative estimate of drug-likeness (QED) is 0.779. The summed E-state index contributed by atoms with van der Waals surface area (Å²) in [6.07, 6.45) is 1.62.